The average molecular weight is 325 g/mol. The molecule has 1 amide bonds. The van der Waals surface area contributed by atoms with Gasteiger partial charge in [0.2, 0.25) is 0 Å². The molecule has 2 rings (SSSR count). The van der Waals surface area contributed by atoms with E-state index in [1.807, 2.05) is 25.7 Å². The number of amides is 1. The second kappa shape index (κ2) is 7.42. The number of nitrogens with zero attached hydrogens (tertiary/aromatic N) is 2. The van der Waals surface area contributed by atoms with E-state index in [-0.39, 0.29) is 11.6 Å². The average Bonchev–Trinajstić information content (AvgIpc) is 2.70. The molecule has 134 valence electrons. The highest BCUT2D eigenvalue weighted by molar-refractivity contribution is 5.68. The zero-order valence-electron chi connectivity index (χ0n) is 15.9. The van der Waals surface area contributed by atoms with Crippen LogP contribution in [0.15, 0.2) is 0 Å². The van der Waals surface area contributed by atoms with Gasteiger partial charge in [0.15, 0.2) is 0 Å². The third kappa shape index (κ3) is 4.85. The fourth-order valence-electron chi connectivity index (χ4n) is 4.06. The number of carbonyl (C=O) groups excluding carboxylic acids is 1. The first-order valence-corrected chi connectivity index (χ1v) is 9.49. The van der Waals surface area contributed by atoms with E-state index >= 15 is 0 Å². The molecule has 0 saturated carbocycles. The maximum Gasteiger partial charge on any atom is 0.410 e. The summed E-state index contributed by atoms with van der Waals surface area (Å²) in [4.78, 5) is 17.0. The Kier molecular flexibility index (Phi) is 5.99. The molecule has 23 heavy (non-hydrogen) atoms. The van der Waals surface area contributed by atoms with Gasteiger partial charge in [-0.25, -0.2) is 4.79 Å². The normalized spacial score (nSPS) is 28.5. The van der Waals surface area contributed by atoms with Crippen LogP contribution in [0.1, 0.15) is 73.1 Å². The molecule has 0 aromatic carbocycles. The van der Waals surface area contributed by atoms with Gasteiger partial charge in [0.25, 0.3) is 0 Å². The molecule has 1 unspecified atom stereocenters. The van der Waals surface area contributed by atoms with Crippen LogP contribution < -0.4 is 0 Å². The van der Waals surface area contributed by atoms with Gasteiger partial charge in [-0.2, -0.15) is 0 Å². The number of likely N-dealkylation sites (tertiary alicyclic amines) is 2. The summed E-state index contributed by atoms with van der Waals surface area (Å²) in [7, 11) is 0. The molecule has 4 heteroatoms. The van der Waals surface area contributed by atoms with Gasteiger partial charge >= 0.3 is 6.09 Å². The summed E-state index contributed by atoms with van der Waals surface area (Å²) >= 11 is 0. The van der Waals surface area contributed by atoms with E-state index in [4.69, 9.17) is 4.74 Å². The molecule has 2 saturated heterocycles. The van der Waals surface area contributed by atoms with Crippen LogP contribution in [-0.2, 0) is 4.74 Å². The molecule has 2 fully saturated rings. The summed E-state index contributed by atoms with van der Waals surface area (Å²) in [5.41, 5.74) is -0.120. The van der Waals surface area contributed by atoms with Gasteiger partial charge < -0.3 is 9.64 Å². The molecule has 2 aliphatic heterocycles. The van der Waals surface area contributed by atoms with E-state index in [0.717, 1.165) is 31.8 Å². The van der Waals surface area contributed by atoms with Gasteiger partial charge in [-0.15, -0.1) is 0 Å². The first kappa shape index (κ1) is 18.6. The maximum absolute atomic E-state index is 12.4. The van der Waals surface area contributed by atoms with Crippen molar-refractivity contribution in [2.75, 3.05) is 26.2 Å². The molecule has 0 aliphatic carbocycles. The maximum atomic E-state index is 12.4. The summed E-state index contributed by atoms with van der Waals surface area (Å²) in [6, 6.07) is 0. The van der Waals surface area contributed by atoms with Crippen LogP contribution >= 0.6 is 0 Å². The molecular weight excluding hydrogens is 288 g/mol. The molecular formula is C19H36N2O2. The molecule has 2 heterocycles. The van der Waals surface area contributed by atoms with Crippen molar-refractivity contribution >= 4 is 6.09 Å². The Balaban J connectivity index is 1.99. The molecule has 2 aliphatic rings. The molecule has 0 radical (unpaired) electrons. The predicted octanol–water partition coefficient (Wildman–Crippen LogP) is 4.29. The number of rotatable bonds is 2. The summed E-state index contributed by atoms with van der Waals surface area (Å²) in [6.45, 7) is 14.6. The van der Waals surface area contributed by atoms with E-state index in [9.17, 15) is 4.79 Å². The van der Waals surface area contributed by atoms with Crippen molar-refractivity contribution in [2.45, 2.75) is 84.3 Å². The zero-order chi connectivity index (χ0) is 17.1. The van der Waals surface area contributed by atoms with Gasteiger partial charge in [0.1, 0.15) is 5.60 Å². The molecule has 0 spiro atoms. The second-order valence-corrected chi connectivity index (χ2v) is 8.57. The lowest BCUT2D eigenvalue weighted by molar-refractivity contribution is 0.0201. The topological polar surface area (TPSA) is 32.8 Å². The molecule has 0 N–H and O–H groups in total. The van der Waals surface area contributed by atoms with E-state index in [1.165, 1.54) is 38.8 Å². The minimum absolute atomic E-state index is 0.142. The minimum atomic E-state index is -0.408. The Hall–Kier alpha value is -0.770. The lowest BCUT2D eigenvalue weighted by Crippen LogP contribution is -2.52. The number of hydrogen-bond acceptors (Lipinski definition) is 3. The summed E-state index contributed by atoms with van der Waals surface area (Å²) in [5.74, 6) is 0.865. The van der Waals surface area contributed by atoms with Gasteiger partial charge in [0.05, 0.1) is 0 Å². The Morgan fingerprint density at radius 1 is 1.13 bits per heavy atom. The lowest BCUT2D eigenvalue weighted by Gasteiger charge is -2.46. The van der Waals surface area contributed by atoms with Crippen LogP contribution in [0.25, 0.3) is 0 Å². The quantitative estimate of drug-likeness (QED) is 0.759. The summed E-state index contributed by atoms with van der Waals surface area (Å²) < 4.78 is 5.57. The fourth-order valence-corrected chi connectivity index (χ4v) is 4.06. The Morgan fingerprint density at radius 2 is 1.78 bits per heavy atom. The van der Waals surface area contributed by atoms with Crippen molar-refractivity contribution in [3.8, 4) is 0 Å². The number of piperidine rings is 1. The predicted molar refractivity (Wildman–Crippen MR) is 94.7 cm³/mol. The number of ether oxygens (including phenoxy) is 1. The fraction of sp³-hybridized carbons (Fsp3) is 0.947. The van der Waals surface area contributed by atoms with Crippen LogP contribution in [0, 0.1) is 5.92 Å². The highest BCUT2D eigenvalue weighted by Gasteiger charge is 2.39. The molecule has 0 aromatic heterocycles. The van der Waals surface area contributed by atoms with Crippen LogP contribution in [0.4, 0.5) is 4.79 Å². The van der Waals surface area contributed by atoms with Crippen molar-refractivity contribution in [3.05, 3.63) is 0 Å². The van der Waals surface area contributed by atoms with Crippen LogP contribution in [0.2, 0.25) is 0 Å². The van der Waals surface area contributed by atoms with Crippen molar-refractivity contribution in [1.82, 2.24) is 9.80 Å². The zero-order valence-corrected chi connectivity index (χ0v) is 15.9. The van der Waals surface area contributed by atoms with Gasteiger partial charge in [-0.1, -0.05) is 13.8 Å². The SMILES string of the molecule is CCC1(N2CCC(C)CC2)CCCN(C(=O)OC(C)(C)C)CC1. The summed E-state index contributed by atoms with van der Waals surface area (Å²) in [5, 5.41) is 0. The van der Waals surface area contributed by atoms with Crippen molar-refractivity contribution < 1.29 is 9.53 Å². The minimum Gasteiger partial charge on any atom is -0.444 e. The largest absolute Gasteiger partial charge is 0.444 e. The number of carbonyl (C=O) groups is 1. The van der Waals surface area contributed by atoms with Crippen molar-refractivity contribution in [3.63, 3.8) is 0 Å². The molecule has 1 atom stereocenters. The second-order valence-electron chi connectivity index (χ2n) is 8.57. The van der Waals surface area contributed by atoms with E-state index in [1.54, 1.807) is 0 Å². The van der Waals surface area contributed by atoms with Crippen LogP contribution in [0.5, 0.6) is 0 Å². The number of hydrogen-bond donors (Lipinski definition) is 0. The van der Waals surface area contributed by atoms with E-state index in [0.29, 0.717) is 0 Å². The molecule has 4 nitrogen and oxygen atoms in total. The summed E-state index contributed by atoms with van der Waals surface area (Å²) in [6.07, 6.45) is 7.04. The van der Waals surface area contributed by atoms with Crippen molar-refractivity contribution in [1.29, 1.82) is 0 Å². The lowest BCUT2D eigenvalue weighted by atomic mass is 9.83. The van der Waals surface area contributed by atoms with Crippen LogP contribution in [-0.4, -0.2) is 53.2 Å². The smallest absolute Gasteiger partial charge is 0.410 e. The van der Waals surface area contributed by atoms with Crippen molar-refractivity contribution in [2.24, 2.45) is 5.92 Å². The Bertz CT molecular complexity index is 397. The molecule has 0 bridgehead atoms. The Labute approximate surface area is 142 Å². The van der Waals surface area contributed by atoms with Gasteiger partial charge in [-0.3, -0.25) is 4.90 Å². The molecule has 0 aromatic rings. The van der Waals surface area contributed by atoms with Gasteiger partial charge in [-0.05, 0) is 78.3 Å². The monoisotopic (exact) mass is 324 g/mol. The first-order chi connectivity index (χ1) is 10.8. The standard InChI is InChI=1S/C19H36N2O2/c1-6-19(21-13-8-16(2)9-14-21)10-7-12-20(15-11-19)17(22)23-18(3,4)5/h16H,6-15H2,1-5H3. The van der Waals surface area contributed by atoms with E-state index in [2.05, 4.69) is 18.7 Å². The van der Waals surface area contributed by atoms with E-state index < -0.39 is 5.60 Å². The van der Waals surface area contributed by atoms with Gasteiger partial charge in [0, 0.05) is 18.6 Å². The van der Waals surface area contributed by atoms with Crippen LogP contribution in [0.3, 0.4) is 0 Å². The third-order valence-electron chi connectivity index (χ3n) is 5.68. The highest BCUT2D eigenvalue weighted by Crippen LogP contribution is 2.35. The highest BCUT2D eigenvalue weighted by atomic mass is 16.6. The third-order valence-corrected chi connectivity index (χ3v) is 5.68. The Morgan fingerprint density at radius 3 is 2.35 bits per heavy atom. The first-order valence-electron chi connectivity index (χ1n) is 9.49.